The molecule has 2 aromatic carbocycles. The van der Waals surface area contributed by atoms with Crippen molar-refractivity contribution in [1.29, 1.82) is 0 Å². The smallest absolute Gasteiger partial charge is 0.293 e. The van der Waals surface area contributed by atoms with Gasteiger partial charge < -0.3 is 4.98 Å². The molecule has 0 amide bonds. The topological polar surface area (TPSA) is 131 Å². The summed E-state index contributed by atoms with van der Waals surface area (Å²) in [7, 11) is 0. The maximum atomic E-state index is 12.1. The zero-order valence-electron chi connectivity index (χ0n) is 15.5. The number of aromatic nitrogens is 4. The predicted molar refractivity (Wildman–Crippen MR) is 114 cm³/mol. The van der Waals surface area contributed by atoms with Gasteiger partial charge in [-0.05, 0) is 31.2 Å². The van der Waals surface area contributed by atoms with Crippen molar-refractivity contribution in [3.05, 3.63) is 85.4 Å². The summed E-state index contributed by atoms with van der Waals surface area (Å²) in [6.45, 7) is 1.75. The fraction of sp³-hybridized carbons (Fsp3) is 0.0526. The van der Waals surface area contributed by atoms with Crippen molar-refractivity contribution in [2.75, 3.05) is 5.43 Å². The number of hydrogen-bond acceptors (Lipinski definition) is 7. The normalized spacial score (nSPS) is 11.3. The molecule has 0 atom stereocenters. The van der Waals surface area contributed by atoms with Crippen LogP contribution < -0.4 is 11.0 Å². The van der Waals surface area contributed by atoms with E-state index in [-0.39, 0.29) is 16.7 Å². The van der Waals surface area contributed by atoms with E-state index >= 15 is 0 Å². The number of aromatic amines is 1. The minimum atomic E-state index is -0.480. The first-order chi connectivity index (χ1) is 14.4. The summed E-state index contributed by atoms with van der Waals surface area (Å²) in [4.78, 5) is 29.4. The number of nitrogens with one attached hydrogen (secondary N) is 2. The van der Waals surface area contributed by atoms with E-state index in [0.29, 0.717) is 28.0 Å². The minimum Gasteiger partial charge on any atom is -0.317 e. The van der Waals surface area contributed by atoms with Gasteiger partial charge in [0.15, 0.2) is 0 Å². The number of non-ortho nitro benzene ring substituents is 1. The summed E-state index contributed by atoms with van der Waals surface area (Å²) >= 11 is 6.42. The van der Waals surface area contributed by atoms with Gasteiger partial charge in [0.25, 0.3) is 11.2 Å². The molecular weight excluding hydrogens is 410 g/mol. The number of nitro groups is 1. The van der Waals surface area contributed by atoms with E-state index in [2.05, 4.69) is 25.6 Å². The Morgan fingerprint density at radius 3 is 2.70 bits per heavy atom. The van der Waals surface area contributed by atoms with E-state index in [4.69, 9.17) is 11.6 Å². The molecule has 4 rings (SSSR count). The van der Waals surface area contributed by atoms with Crippen molar-refractivity contribution in [3.8, 4) is 5.69 Å². The highest BCUT2D eigenvalue weighted by atomic mass is 35.5. The minimum absolute atomic E-state index is 0.0298. The molecule has 0 fully saturated rings. The number of halogens is 1. The lowest BCUT2D eigenvalue weighted by Crippen LogP contribution is -2.13. The van der Waals surface area contributed by atoms with E-state index < -0.39 is 10.5 Å². The monoisotopic (exact) mass is 423 g/mol. The van der Waals surface area contributed by atoms with Crippen LogP contribution in [0, 0.1) is 17.0 Å². The van der Waals surface area contributed by atoms with Gasteiger partial charge in [0.05, 0.1) is 39.1 Å². The number of rotatable bonds is 5. The highest BCUT2D eigenvalue weighted by Gasteiger charge is 2.14. The molecule has 150 valence electrons. The second-order valence-electron chi connectivity index (χ2n) is 6.28. The lowest BCUT2D eigenvalue weighted by molar-refractivity contribution is -0.384. The molecule has 0 aliphatic rings. The third kappa shape index (κ3) is 3.63. The van der Waals surface area contributed by atoms with Crippen molar-refractivity contribution < 1.29 is 4.92 Å². The van der Waals surface area contributed by atoms with Gasteiger partial charge in [-0.2, -0.15) is 10.2 Å². The average molecular weight is 424 g/mol. The molecule has 4 aromatic rings. The molecule has 10 nitrogen and oxygen atoms in total. The molecule has 0 saturated carbocycles. The fourth-order valence-electron chi connectivity index (χ4n) is 2.81. The highest BCUT2D eigenvalue weighted by molar-refractivity contribution is 6.32. The van der Waals surface area contributed by atoms with Crippen LogP contribution >= 0.6 is 11.6 Å². The van der Waals surface area contributed by atoms with E-state index in [9.17, 15) is 14.9 Å². The summed E-state index contributed by atoms with van der Waals surface area (Å²) in [6.07, 6.45) is 1.43. The molecule has 0 aliphatic heterocycles. The second kappa shape index (κ2) is 7.76. The van der Waals surface area contributed by atoms with Gasteiger partial charge in [0.2, 0.25) is 5.82 Å². The van der Waals surface area contributed by atoms with Crippen LogP contribution in [0.25, 0.3) is 16.7 Å². The predicted octanol–water partition coefficient (Wildman–Crippen LogP) is 3.42. The lowest BCUT2D eigenvalue weighted by atomic mass is 10.3. The number of H-pyrrole nitrogens is 1. The van der Waals surface area contributed by atoms with Crippen LogP contribution in [-0.4, -0.2) is 30.9 Å². The number of hydrogen-bond donors (Lipinski definition) is 2. The standard InChI is InChI=1S/C19H14ClN7O3/c1-11-14(17(20)26(25-11)12-6-8-13(9-7-12)27(29)30)10-21-24-18-19(28)23-16-5-3-2-4-15(16)22-18/h2-10H,1H3,(H,22,24)(H,23,28)/b21-10+. The Bertz CT molecular complexity index is 1340. The fourth-order valence-corrected chi connectivity index (χ4v) is 3.13. The zero-order valence-corrected chi connectivity index (χ0v) is 16.3. The quantitative estimate of drug-likeness (QED) is 0.287. The Hall–Kier alpha value is -4.05. The Morgan fingerprint density at radius 1 is 1.23 bits per heavy atom. The molecule has 0 unspecified atom stereocenters. The van der Waals surface area contributed by atoms with Crippen molar-refractivity contribution in [3.63, 3.8) is 0 Å². The van der Waals surface area contributed by atoms with Crippen LogP contribution in [0.15, 0.2) is 58.4 Å². The van der Waals surface area contributed by atoms with Crippen LogP contribution in [0.5, 0.6) is 0 Å². The first-order valence-electron chi connectivity index (χ1n) is 8.72. The highest BCUT2D eigenvalue weighted by Crippen LogP contribution is 2.23. The first-order valence-corrected chi connectivity index (χ1v) is 9.10. The van der Waals surface area contributed by atoms with Gasteiger partial charge in [0.1, 0.15) is 5.15 Å². The molecule has 0 aliphatic carbocycles. The molecule has 0 radical (unpaired) electrons. The van der Waals surface area contributed by atoms with Crippen molar-refractivity contribution in [1.82, 2.24) is 19.7 Å². The third-order valence-corrected chi connectivity index (χ3v) is 4.68. The van der Waals surface area contributed by atoms with Gasteiger partial charge >= 0.3 is 0 Å². The van der Waals surface area contributed by atoms with E-state index in [1.54, 1.807) is 37.3 Å². The largest absolute Gasteiger partial charge is 0.317 e. The SMILES string of the molecule is Cc1nn(-c2ccc([N+](=O)[O-])cc2)c(Cl)c1/C=N/Nc1nc2ccccc2[nH]c1=O. The molecule has 0 saturated heterocycles. The summed E-state index contributed by atoms with van der Waals surface area (Å²) in [6, 6.07) is 13.0. The molecule has 2 heterocycles. The Balaban J connectivity index is 1.59. The van der Waals surface area contributed by atoms with Crippen LogP contribution in [0.2, 0.25) is 5.15 Å². The summed E-state index contributed by atoms with van der Waals surface area (Å²) < 4.78 is 1.45. The van der Waals surface area contributed by atoms with Crippen LogP contribution in [0.3, 0.4) is 0 Å². The molecule has 0 bridgehead atoms. The zero-order chi connectivity index (χ0) is 21.3. The van der Waals surface area contributed by atoms with Crippen molar-refractivity contribution in [2.24, 2.45) is 5.10 Å². The first kappa shape index (κ1) is 19.3. The summed E-state index contributed by atoms with van der Waals surface area (Å²) in [5, 5.41) is 19.5. The van der Waals surface area contributed by atoms with Gasteiger partial charge in [-0.15, -0.1) is 0 Å². The number of anilines is 1. The van der Waals surface area contributed by atoms with E-state index in [0.717, 1.165) is 0 Å². The van der Waals surface area contributed by atoms with Crippen molar-refractivity contribution in [2.45, 2.75) is 6.92 Å². The molecule has 2 N–H and O–H groups in total. The number of benzene rings is 2. The number of hydrazone groups is 1. The molecule has 0 spiro atoms. The van der Waals surface area contributed by atoms with Gasteiger partial charge in [0, 0.05) is 12.1 Å². The number of fused-ring (bicyclic) bond motifs is 1. The third-order valence-electron chi connectivity index (χ3n) is 4.32. The molecule has 30 heavy (non-hydrogen) atoms. The van der Waals surface area contributed by atoms with Gasteiger partial charge in [-0.3, -0.25) is 20.3 Å². The molecule has 11 heteroatoms. The van der Waals surface area contributed by atoms with Crippen molar-refractivity contribution >= 4 is 40.4 Å². The maximum Gasteiger partial charge on any atom is 0.293 e. The second-order valence-corrected chi connectivity index (χ2v) is 6.63. The Morgan fingerprint density at radius 2 is 1.97 bits per heavy atom. The van der Waals surface area contributed by atoms with Crippen LogP contribution in [0.4, 0.5) is 11.5 Å². The summed E-state index contributed by atoms with van der Waals surface area (Å²) in [5.41, 5.74) is 5.11. The lowest BCUT2D eigenvalue weighted by Gasteiger charge is -2.03. The Kier molecular flexibility index (Phi) is 4.98. The van der Waals surface area contributed by atoms with Crippen LogP contribution in [-0.2, 0) is 0 Å². The van der Waals surface area contributed by atoms with Crippen LogP contribution in [0.1, 0.15) is 11.3 Å². The number of nitrogens with zero attached hydrogens (tertiary/aromatic N) is 5. The Labute approximate surface area is 174 Å². The number of aryl methyl sites for hydroxylation is 1. The molecular formula is C19H14ClN7O3. The average Bonchev–Trinajstić information content (AvgIpc) is 3.02. The maximum absolute atomic E-state index is 12.1. The number of para-hydroxylation sites is 2. The van der Waals surface area contributed by atoms with Gasteiger partial charge in [-0.1, -0.05) is 23.7 Å². The number of nitro benzene ring substituents is 1. The molecule has 2 aromatic heterocycles. The van der Waals surface area contributed by atoms with Gasteiger partial charge in [-0.25, -0.2) is 9.67 Å². The van der Waals surface area contributed by atoms with E-state index in [1.807, 2.05) is 6.07 Å². The van der Waals surface area contributed by atoms with E-state index in [1.165, 1.54) is 23.0 Å². The summed E-state index contributed by atoms with van der Waals surface area (Å²) in [5.74, 6) is 0.0430.